The van der Waals surface area contributed by atoms with Crippen molar-refractivity contribution >= 4 is 44.9 Å². The summed E-state index contributed by atoms with van der Waals surface area (Å²) in [6.45, 7) is 4.87. The molecule has 0 spiro atoms. The number of carbonyl (C=O) groups excluding carboxylic acids is 2. The number of benzene rings is 2. The Labute approximate surface area is 187 Å². The smallest absolute Gasteiger partial charge is 0.293 e. The molecule has 1 aliphatic rings. The quantitative estimate of drug-likeness (QED) is 0.421. The van der Waals surface area contributed by atoms with Crippen LogP contribution in [0.15, 0.2) is 45.8 Å². The van der Waals surface area contributed by atoms with Crippen LogP contribution < -0.4 is 9.47 Å². The lowest BCUT2D eigenvalue weighted by Gasteiger charge is -2.14. The number of ether oxygens (including phenoxy) is 2. The predicted molar refractivity (Wildman–Crippen MR) is 119 cm³/mol. The molecule has 1 aliphatic heterocycles. The Bertz CT molecular complexity index is 978. The number of hydrogen-bond donors (Lipinski definition) is 0. The van der Waals surface area contributed by atoms with Gasteiger partial charge < -0.3 is 9.47 Å². The monoisotopic (exact) mass is 493 g/mol. The van der Waals surface area contributed by atoms with Gasteiger partial charge in [-0.25, -0.2) is 4.39 Å². The molecule has 0 N–H and O–H groups in total. The van der Waals surface area contributed by atoms with E-state index in [0.29, 0.717) is 46.0 Å². The molecular weight excluding hydrogens is 473 g/mol. The zero-order chi connectivity index (χ0) is 21.7. The zero-order valence-electron chi connectivity index (χ0n) is 16.6. The third kappa shape index (κ3) is 5.23. The molecule has 1 fully saturated rings. The number of amides is 2. The first kappa shape index (κ1) is 22.4. The van der Waals surface area contributed by atoms with Crippen molar-refractivity contribution in [3.05, 3.63) is 62.7 Å². The Morgan fingerprint density at radius 2 is 1.80 bits per heavy atom. The van der Waals surface area contributed by atoms with Gasteiger partial charge in [0, 0.05) is 11.0 Å². The minimum Gasteiger partial charge on any atom is -0.490 e. The van der Waals surface area contributed by atoms with Gasteiger partial charge in [-0.1, -0.05) is 35.0 Å². The van der Waals surface area contributed by atoms with Crippen LogP contribution in [0.1, 0.15) is 31.4 Å². The Morgan fingerprint density at radius 3 is 2.47 bits per heavy atom. The zero-order valence-corrected chi connectivity index (χ0v) is 19.0. The number of hydrogen-bond acceptors (Lipinski definition) is 5. The van der Waals surface area contributed by atoms with Gasteiger partial charge in [0.05, 0.1) is 11.5 Å². The first-order valence-electron chi connectivity index (χ1n) is 9.51. The van der Waals surface area contributed by atoms with Gasteiger partial charge in [-0.2, -0.15) is 0 Å². The molecular formula is C22H21BrFNO4S. The van der Waals surface area contributed by atoms with Crippen LogP contribution in [0.4, 0.5) is 9.18 Å². The maximum absolute atomic E-state index is 13.1. The summed E-state index contributed by atoms with van der Waals surface area (Å²) in [6, 6.07) is 9.61. The number of thioether (sulfide) groups is 1. The van der Waals surface area contributed by atoms with Crippen LogP contribution in [0.2, 0.25) is 0 Å². The molecule has 3 rings (SSSR count). The van der Waals surface area contributed by atoms with Gasteiger partial charge in [-0.15, -0.1) is 0 Å². The van der Waals surface area contributed by atoms with E-state index in [9.17, 15) is 14.0 Å². The maximum atomic E-state index is 13.1. The second-order valence-corrected chi connectivity index (χ2v) is 8.35. The molecule has 0 saturated carbocycles. The Morgan fingerprint density at radius 1 is 1.10 bits per heavy atom. The Kier molecular flexibility index (Phi) is 7.55. The highest BCUT2D eigenvalue weighted by Gasteiger charge is 2.34. The molecule has 1 heterocycles. The van der Waals surface area contributed by atoms with Crippen molar-refractivity contribution in [1.29, 1.82) is 0 Å². The van der Waals surface area contributed by atoms with E-state index in [1.165, 1.54) is 17.0 Å². The van der Waals surface area contributed by atoms with Crippen molar-refractivity contribution < 1.29 is 23.5 Å². The molecule has 2 amide bonds. The largest absolute Gasteiger partial charge is 0.490 e. The standard InChI is InChI=1S/C22H21BrFNO4S/c1-3-9-25-21(26)20(30-22(25)27)11-15-10-18(28-4-2)19(12-17(15)23)29-13-14-5-7-16(24)8-6-14/h5-8,10-12H,3-4,9,13H2,1-2H3/b20-11+. The molecule has 1 saturated heterocycles. The second kappa shape index (κ2) is 10.1. The van der Waals surface area contributed by atoms with Crippen LogP contribution in [0.25, 0.3) is 6.08 Å². The highest BCUT2D eigenvalue weighted by Crippen LogP contribution is 2.38. The minimum absolute atomic E-state index is 0.252. The summed E-state index contributed by atoms with van der Waals surface area (Å²) in [4.78, 5) is 26.2. The van der Waals surface area contributed by atoms with Crippen LogP contribution in [0, 0.1) is 5.82 Å². The van der Waals surface area contributed by atoms with E-state index in [1.54, 1.807) is 30.3 Å². The summed E-state index contributed by atoms with van der Waals surface area (Å²) in [5.41, 5.74) is 1.53. The van der Waals surface area contributed by atoms with E-state index in [4.69, 9.17) is 9.47 Å². The van der Waals surface area contributed by atoms with Crippen LogP contribution >= 0.6 is 27.7 Å². The van der Waals surface area contributed by atoms with Gasteiger partial charge in [0.25, 0.3) is 11.1 Å². The van der Waals surface area contributed by atoms with E-state index in [-0.39, 0.29) is 23.6 Å². The number of nitrogens with zero attached hydrogens (tertiary/aromatic N) is 1. The Balaban J connectivity index is 1.85. The average molecular weight is 494 g/mol. The first-order chi connectivity index (χ1) is 14.4. The number of rotatable bonds is 8. The fourth-order valence-corrected chi connectivity index (χ4v) is 4.13. The normalized spacial score (nSPS) is 15.2. The van der Waals surface area contributed by atoms with Gasteiger partial charge in [-0.05, 0) is 66.6 Å². The number of halogens is 2. The van der Waals surface area contributed by atoms with Crippen LogP contribution in [-0.4, -0.2) is 29.2 Å². The molecule has 2 aromatic rings. The fraction of sp³-hybridized carbons (Fsp3) is 0.273. The molecule has 158 valence electrons. The van der Waals surface area contributed by atoms with Gasteiger partial charge >= 0.3 is 0 Å². The highest BCUT2D eigenvalue weighted by molar-refractivity contribution is 9.10. The van der Waals surface area contributed by atoms with Crippen molar-refractivity contribution in [3.63, 3.8) is 0 Å². The van der Waals surface area contributed by atoms with E-state index in [0.717, 1.165) is 17.3 Å². The summed E-state index contributed by atoms with van der Waals surface area (Å²) in [6.07, 6.45) is 2.39. The topological polar surface area (TPSA) is 55.8 Å². The van der Waals surface area contributed by atoms with Crippen molar-refractivity contribution in [2.45, 2.75) is 26.9 Å². The minimum atomic E-state index is -0.302. The van der Waals surface area contributed by atoms with Crippen LogP contribution in [0.3, 0.4) is 0 Å². The predicted octanol–water partition coefficient (Wildman–Crippen LogP) is 6.01. The van der Waals surface area contributed by atoms with Crippen LogP contribution in [0.5, 0.6) is 11.5 Å². The van der Waals surface area contributed by atoms with Crippen LogP contribution in [-0.2, 0) is 11.4 Å². The molecule has 0 unspecified atom stereocenters. The summed E-state index contributed by atoms with van der Waals surface area (Å²) in [5, 5.41) is -0.256. The third-order valence-corrected chi connectivity index (χ3v) is 5.87. The van der Waals surface area contributed by atoms with E-state index in [1.807, 2.05) is 13.8 Å². The van der Waals surface area contributed by atoms with E-state index < -0.39 is 0 Å². The Hall–Kier alpha value is -2.32. The van der Waals surface area contributed by atoms with Gasteiger partial charge in [0.2, 0.25) is 0 Å². The SMILES string of the molecule is CCCN1C(=O)S/C(=C/c2cc(OCC)c(OCc3ccc(F)cc3)cc2Br)C1=O. The summed E-state index contributed by atoms with van der Waals surface area (Å²) in [7, 11) is 0. The van der Waals surface area contributed by atoms with Gasteiger partial charge in [-0.3, -0.25) is 14.5 Å². The van der Waals surface area contributed by atoms with E-state index >= 15 is 0 Å². The lowest BCUT2D eigenvalue weighted by atomic mass is 10.1. The second-order valence-electron chi connectivity index (χ2n) is 6.50. The summed E-state index contributed by atoms with van der Waals surface area (Å²) >= 11 is 4.44. The van der Waals surface area contributed by atoms with Crippen molar-refractivity contribution in [1.82, 2.24) is 4.90 Å². The summed E-state index contributed by atoms with van der Waals surface area (Å²) in [5.74, 6) is 0.448. The number of imide groups is 1. The molecule has 8 heteroatoms. The molecule has 0 aromatic heterocycles. The van der Waals surface area contributed by atoms with Crippen molar-refractivity contribution in [3.8, 4) is 11.5 Å². The van der Waals surface area contributed by atoms with Gasteiger partial charge in [0.1, 0.15) is 12.4 Å². The average Bonchev–Trinajstić information content (AvgIpc) is 2.98. The third-order valence-electron chi connectivity index (χ3n) is 4.28. The highest BCUT2D eigenvalue weighted by atomic mass is 79.9. The fourth-order valence-electron chi connectivity index (χ4n) is 2.84. The van der Waals surface area contributed by atoms with Crippen molar-refractivity contribution in [2.24, 2.45) is 0 Å². The van der Waals surface area contributed by atoms with Gasteiger partial charge in [0.15, 0.2) is 11.5 Å². The molecule has 0 bridgehead atoms. The van der Waals surface area contributed by atoms with E-state index in [2.05, 4.69) is 15.9 Å². The molecule has 0 radical (unpaired) electrons. The number of carbonyl (C=O) groups is 2. The lowest BCUT2D eigenvalue weighted by molar-refractivity contribution is -0.122. The first-order valence-corrected chi connectivity index (χ1v) is 11.1. The summed E-state index contributed by atoms with van der Waals surface area (Å²) < 4.78 is 25.4. The molecule has 0 aliphatic carbocycles. The van der Waals surface area contributed by atoms with Crippen molar-refractivity contribution in [2.75, 3.05) is 13.2 Å². The molecule has 0 atom stereocenters. The lowest BCUT2D eigenvalue weighted by Crippen LogP contribution is -2.28. The maximum Gasteiger partial charge on any atom is 0.293 e. The molecule has 30 heavy (non-hydrogen) atoms. The molecule has 2 aromatic carbocycles. The molecule has 5 nitrogen and oxygen atoms in total.